The summed E-state index contributed by atoms with van der Waals surface area (Å²) in [4.78, 5) is 24.3. The first-order chi connectivity index (χ1) is 20.8. The molecular formula is C27H31F2N6O8P. The van der Waals surface area contributed by atoms with Gasteiger partial charge in [0.2, 0.25) is 0 Å². The van der Waals surface area contributed by atoms with E-state index in [1.54, 1.807) is 38.1 Å². The third kappa shape index (κ3) is 6.09. The maximum absolute atomic E-state index is 14.8. The molecule has 0 radical (unpaired) electrons. The number of ether oxygens (including phenoxy) is 2. The quantitative estimate of drug-likeness (QED) is 0.139. The van der Waals surface area contributed by atoms with Crippen LogP contribution in [0.4, 0.5) is 14.6 Å². The number of alkyl halides is 2. The largest absolute Gasteiger partial charge is 0.462 e. The predicted octanol–water partition coefficient (Wildman–Crippen LogP) is 2.95. The van der Waals surface area contributed by atoms with Crippen LogP contribution in [0.1, 0.15) is 27.0 Å². The Labute approximate surface area is 249 Å². The fourth-order valence-corrected chi connectivity index (χ4v) is 6.27. The van der Waals surface area contributed by atoms with E-state index in [0.29, 0.717) is 5.39 Å². The van der Waals surface area contributed by atoms with Gasteiger partial charge in [0.1, 0.15) is 42.2 Å². The average Bonchev–Trinajstić information content (AvgIpc) is 3.51. The first-order valence-corrected chi connectivity index (χ1v) is 15.0. The molecule has 5 N–H and O–H groups in total. The summed E-state index contributed by atoms with van der Waals surface area (Å²) in [5.74, 6) is -0.862. The summed E-state index contributed by atoms with van der Waals surface area (Å²) in [6.07, 6.45) is -7.55. The summed E-state index contributed by atoms with van der Waals surface area (Å²) in [6, 6.07) is 10.7. The summed E-state index contributed by atoms with van der Waals surface area (Å²) in [7, 11) is -4.70. The topological polar surface area (TPSA) is 193 Å². The van der Waals surface area contributed by atoms with Gasteiger partial charge in [-0.15, -0.1) is 0 Å². The van der Waals surface area contributed by atoms with E-state index < -0.39 is 62.9 Å². The fraction of sp³-hybridized carbons (Fsp3) is 0.407. The van der Waals surface area contributed by atoms with Crippen molar-refractivity contribution >= 4 is 41.5 Å². The maximum atomic E-state index is 14.8. The second-order valence-corrected chi connectivity index (χ2v) is 12.2. The number of anilines is 1. The number of aliphatic hydroxyl groups excluding tert-OH is 2. The van der Waals surface area contributed by atoms with Crippen molar-refractivity contribution in [3.8, 4) is 5.75 Å². The van der Waals surface area contributed by atoms with Gasteiger partial charge >= 0.3 is 13.7 Å². The SMILES string of the molecule is CC(C)OC(=O)[C@H](C)NP(=O)(OC[C@@]1(C(F)F)O[C@@H](n2cnc3ncnc(N)c32)[C@H](O)[C@@H]1O)Oc1ccc2ccccc2c1. The number of nitrogen functional groups attached to an aromatic ring is 1. The van der Waals surface area contributed by atoms with Crippen molar-refractivity contribution in [1.82, 2.24) is 24.6 Å². The number of imidazole rings is 1. The number of benzene rings is 2. The van der Waals surface area contributed by atoms with Crippen molar-refractivity contribution < 1.29 is 46.9 Å². The number of aromatic nitrogens is 4. The van der Waals surface area contributed by atoms with Gasteiger partial charge in [-0.05, 0) is 43.7 Å². The van der Waals surface area contributed by atoms with E-state index in [4.69, 9.17) is 24.3 Å². The molecule has 3 heterocycles. The third-order valence-corrected chi connectivity index (χ3v) is 8.58. The second-order valence-electron chi connectivity index (χ2n) is 10.5. The number of rotatable bonds is 11. The van der Waals surface area contributed by atoms with Crippen molar-refractivity contribution in [3.63, 3.8) is 0 Å². The number of esters is 1. The monoisotopic (exact) mass is 636 g/mol. The van der Waals surface area contributed by atoms with E-state index in [9.17, 15) is 28.4 Å². The molecule has 1 aliphatic rings. The molecule has 0 amide bonds. The molecule has 1 saturated heterocycles. The predicted molar refractivity (Wildman–Crippen MR) is 153 cm³/mol. The normalized spacial score (nSPS) is 24.2. The number of halogens is 2. The van der Waals surface area contributed by atoms with E-state index in [0.717, 1.165) is 22.6 Å². The highest BCUT2D eigenvalue weighted by Gasteiger charge is 2.61. The van der Waals surface area contributed by atoms with Crippen molar-refractivity contribution in [2.75, 3.05) is 12.3 Å². The third-order valence-electron chi connectivity index (χ3n) is 6.96. The van der Waals surface area contributed by atoms with Gasteiger partial charge in [-0.1, -0.05) is 30.3 Å². The van der Waals surface area contributed by atoms with E-state index in [1.807, 2.05) is 12.1 Å². The average molecular weight is 637 g/mol. The van der Waals surface area contributed by atoms with Crippen molar-refractivity contribution in [2.24, 2.45) is 0 Å². The Hall–Kier alpha value is -3.79. The minimum atomic E-state index is -4.70. The zero-order valence-corrected chi connectivity index (χ0v) is 24.7. The van der Waals surface area contributed by atoms with Crippen LogP contribution in [0.25, 0.3) is 21.9 Å². The van der Waals surface area contributed by atoms with Crippen LogP contribution >= 0.6 is 7.75 Å². The van der Waals surface area contributed by atoms with E-state index >= 15 is 0 Å². The molecule has 5 rings (SSSR count). The Kier molecular flexibility index (Phi) is 8.84. The number of nitrogens with one attached hydrogen (secondary N) is 1. The number of hydrogen-bond donors (Lipinski definition) is 4. The van der Waals surface area contributed by atoms with E-state index in [-0.39, 0.29) is 22.7 Å². The highest BCUT2D eigenvalue weighted by molar-refractivity contribution is 7.52. The van der Waals surface area contributed by atoms with Crippen molar-refractivity contribution in [2.45, 2.75) is 63.4 Å². The van der Waals surface area contributed by atoms with Crippen LogP contribution in [0.2, 0.25) is 0 Å². The molecule has 17 heteroatoms. The molecule has 236 valence electrons. The minimum Gasteiger partial charge on any atom is -0.462 e. The lowest BCUT2D eigenvalue weighted by atomic mass is 9.96. The van der Waals surface area contributed by atoms with E-state index in [2.05, 4.69) is 20.0 Å². The zero-order chi connectivity index (χ0) is 31.8. The molecule has 2 aromatic carbocycles. The molecule has 44 heavy (non-hydrogen) atoms. The molecule has 0 aliphatic carbocycles. The number of nitrogens with zero attached hydrogens (tertiary/aromatic N) is 4. The van der Waals surface area contributed by atoms with Crippen LogP contribution in [-0.4, -0.2) is 78.7 Å². The number of hydrogen-bond acceptors (Lipinski definition) is 12. The summed E-state index contributed by atoms with van der Waals surface area (Å²) in [5.41, 5.74) is 3.16. The van der Waals surface area contributed by atoms with Crippen LogP contribution < -0.4 is 15.3 Å². The maximum Gasteiger partial charge on any atom is 0.459 e. The lowest BCUT2D eigenvalue weighted by Gasteiger charge is -2.32. The highest BCUT2D eigenvalue weighted by Crippen LogP contribution is 2.50. The first-order valence-electron chi connectivity index (χ1n) is 13.5. The lowest BCUT2D eigenvalue weighted by Crippen LogP contribution is -2.53. The van der Waals surface area contributed by atoms with Crippen molar-refractivity contribution in [3.05, 3.63) is 55.1 Å². The number of carbonyl (C=O) groups excluding carboxylic acids is 1. The Morgan fingerprint density at radius 2 is 1.89 bits per heavy atom. The molecular weight excluding hydrogens is 605 g/mol. The Balaban J connectivity index is 1.45. The molecule has 1 unspecified atom stereocenters. The summed E-state index contributed by atoms with van der Waals surface area (Å²) >= 11 is 0. The van der Waals surface area contributed by atoms with Gasteiger partial charge in [-0.2, -0.15) is 5.09 Å². The summed E-state index contributed by atoms with van der Waals surface area (Å²) < 4.78 is 66.6. The Bertz CT molecular complexity index is 1710. The van der Waals surface area contributed by atoms with Crippen molar-refractivity contribution in [1.29, 1.82) is 0 Å². The first kappa shape index (κ1) is 31.6. The van der Waals surface area contributed by atoms with Gasteiger partial charge in [0, 0.05) is 0 Å². The second kappa shape index (κ2) is 12.3. The van der Waals surface area contributed by atoms with Crippen LogP contribution in [0.15, 0.2) is 55.1 Å². The molecule has 14 nitrogen and oxygen atoms in total. The van der Waals surface area contributed by atoms with Crippen LogP contribution in [0.3, 0.4) is 0 Å². The molecule has 4 aromatic rings. The molecule has 2 aromatic heterocycles. The van der Waals surface area contributed by atoms with Crippen LogP contribution in [0, 0.1) is 0 Å². The Morgan fingerprint density at radius 3 is 2.59 bits per heavy atom. The van der Waals surface area contributed by atoms with E-state index in [1.165, 1.54) is 13.0 Å². The summed E-state index contributed by atoms with van der Waals surface area (Å²) in [6.45, 7) is 3.30. The fourth-order valence-electron chi connectivity index (χ4n) is 4.75. The smallest absolute Gasteiger partial charge is 0.459 e. The number of carbonyl (C=O) groups is 1. The molecule has 1 aliphatic heterocycles. The van der Waals surface area contributed by atoms with Gasteiger partial charge in [0.15, 0.2) is 23.3 Å². The lowest BCUT2D eigenvalue weighted by molar-refractivity contribution is -0.191. The Morgan fingerprint density at radius 1 is 1.16 bits per heavy atom. The van der Waals surface area contributed by atoms with Gasteiger partial charge in [-0.3, -0.25) is 13.9 Å². The van der Waals surface area contributed by atoms with Gasteiger partial charge < -0.3 is 29.9 Å². The summed E-state index contributed by atoms with van der Waals surface area (Å²) in [5, 5.41) is 25.7. The minimum absolute atomic E-state index is 0.0289. The molecule has 1 fully saturated rings. The van der Waals surface area contributed by atoms with Gasteiger partial charge in [0.25, 0.3) is 6.43 Å². The number of aliphatic hydroxyl groups is 2. The van der Waals surface area contributed by atoms with Gasteiger partial charge in [0.05, 0.1) is 12.7 Å². The number of fused-ring (bicyclic) bond motifs is 2. The number of nitrogens with two attached hydrogens (primary N) is 1. The van der Waals surface area contributed by atoms with Crippen LogP contribution in [-0.2, 0) is 23.4 Å². The highest BCUT2D eigenvalue weighted by atomic mass is 31.2. The molecule has 6 atom stereocenters. The van der Waals surface area contributed by atoms with Gasteiger partial charge in [-0.25, -0.2) is 28.3 Å². The molecule has 0 bridgehead atoms. The van der Waals surface area contributed by atoms with Crippen LogP contribution in [0.5, 0.6) is 5.75 Å². The molecule has 0 saturated carbocycles. The molecule has 0 spiro atoms. The standard InChI is InChI=1S/C27H31F2N6O8P/c1-14(2)41-25(38)15(3)34-44(39,43-18-9-8-16-6-4-5-7-17(16)10-18)40-11-27(26(28)29)21(37)20(36)24(42-27)35-13-33-23-19(35)22(30)31-12-32-23/h4-10,12-15,20-21,24,26,36-37H,11H2,1-3H3,(H,34,39)(H2,30,31,32)/t15-,20+,21-,24+,27+,44?/m0/s1. The zero-order valence-electron chi connectivity index (χ0n) is 23.8.